The zero-order chi connectivity index (χ0) is 55.7. The Bertz CT molecular complexity index is 1490. The number of amides is 1. The third-order valence-electron chi connectivity index (χ3n) is 14.2. The standard InChI is InChI=1S/C66H123N2O7P/c1-7-10-13-16-19-22-25-28-30-32-33-34-35-36-38-41-44-47-50-53-56-59-66(70)75-64(57-54-51-48-45-42-39-27-24-21-18-15-12-9-3)63(62-74-76(71,72)73-61-60-68(4,5)6)67-65(69)58-55-52-49-46-43-40-37-31-29-26-23-20-17-14-11-8-2/h11,14,20,23,28-31,54,57,63-64H,7-10,12-13,15-19,21-22,24-27,32-53,55-56,58-62H2,1-6H3,(H-,67,69,71,72)/b14-11+,23-20+,30-28+,31-29+,57-54+. The van der Waals surface area contributed by atoms with Crippen molar-refractivity contribution in [2.24, 2.45) is 0 Å². The van der Waals surface area contributed by atoms with Crippen LogP contribution in [0.1, 0.15) is 297 Å². The molecule has 9 nitrogen and oxygen atoms in total. The minimum absolute atomic E-state index is 0.0258. The third-order valence-corrected chi connectivity index (χ3v) is 15.1. The van der Waals surface area contributed by atoms with Gasteiger partial charge in [0.2, 0.25) is 5.91 Å². The van der Waals surface area contributed by atoms with E-state index in [4.69, 9.17) is 13.8 Å². The van der Waals surface area contributed by atoms with Gasteiger partial charge in [-0.05, 0) is 89.5 Å². The third kappa shape index (κ3) is 56.4. The predicted octanol–water partition coefficient (Wildman–Crippen LogP) is 19.2. The molecule has 0 aliphatic rings. The number of rotatable bonds is 58. The maximum Gasteiger partial charge on any atom is 0.306 e. The number of carbonyl (C=O) groups excluding carboxylic acids is 2. The van der Waals surface area contributed by atoms with Crippen LogP contribution >= 0.6 is 7.82 Å². The molecule has 0 aliphatic carbocycles. The predicted molar refractivity (Wildman–Crippen MR) is 325 cm³/mol. The van der Waals surface area contributed by atoms with Crippen molar-refractivity contribution in [3.63, 3.8) is 0 Å². The van der Waals surface area contributed by atoms with E-state index in [0.717, 1.165) is 103 Å². The summed E-state index contributed by atoms with van der Waals surface area (Å²) in [6, 6.07) is -0.896. The van der Waals surface area contributed by atoms with Gasteiger partial charge in [0, 0.05) is 12.8 Å². The Morgan fingerprint density at radius 1 is 0.474 bits per heavy atom. The Labute approximate surface area is 471 Å². The van der Waals surface area contributed by atoms with Crippen LogP contribution in [0.4, 0.5) is 0 Å². The largest absolute Gasteiger partial charge is 0.756 e. The van der Waals surface area contributed by atoms with Gasteiger partial charge in [-0.2, -0.15) is 0 Å². The van der Waals surface area contributed by atoms with Crippen molar-refractivity contribution in [2.75, 3.05) is 40.9 Å². The first-order valence-electron chi connectivity index (χ1n) is 32.1. The Kier molecular flexibility index (Phi) is 54.3. The van der Waals surface area contributed by atoms with Crippen LogP contribution in [0.15, 0.2) is 60.8 Å². The van der Waals surface area contributed by atoms with Crippen molar-refractivity contribution < 1.29 is 37.3 Å². The van der Waals surface area contributed by atoms with Crippen LogP contribution in [0.25, 0.3) is 0 Å². The monoisotopic (exact) mass is 1090 g/mol. The summed E-state index contributed by atoms with van der Waals surface area (Å²) in [6.07, 6.45) is 70.4. The number of likely N-dealkylation sites (N-methyl/N-ethyl adjacent to an activating group) is 1. The van der Waals surface area contributed by atoms with Crippen LogP contribution < -0.4 is 10.2 Å². The number of phosphoric acid groups is 1. The van der Waals surface area contributed by atoms with E-state index in [9.17, 15) is 19.0 Å². The van der Waals surface area contributed by atoms with Gasteiger partial charge in [0.05, 0.1) is 33.8 Å². The van der Waals surface area contributed by atoms with Crippen LogP contribution in [-0.4, -0.2) is 69.4 Å². The summed E-state index contributed by atoms with van der Waals surface area (Å²) in [4.78, 5) is 40.0. The Morgan fingerprint density at radius 2 is 0.842 bits per heavy atom. The number of allylic oxidation sites excluding steroid dienone is 9. The van der Waals surface area contributed by atoms with Crippen LogP contribution in [0.5, 0.6) is 0 Å². The van der Waals surface area contributed by atoms with Gasteiger partial charge in [0.25, 0.3) is 7.82 Å². The zero-order valence-corrected chi connectivity index (χ0v) is 51.6. The molecule has 0 aromatic rings. The summed E-state index contributed by atoms with van der Waals surface area (Å²) in [5.41, 5.74) is 0. The van der Waals surface area contributed by atoms with Gasteiger partial charge < -0.3 is 28.5 Å². The van der Waals surface area contributed by atoms with Gasteiger partial charge >= 0.3 is 5.97 Å². The summed E-state index contributed by atoms with van der Waals surface area (Å²) >= 11 is 0. The highest BCUT2D eigenvalue weighted by Gasteiger charge is 2.27. The Balaban J connectivity index is 5.23. The van der Waals surface area contributed by atoms with Crippen molar-refractivity contribution in [1.82, 2.24) is 5.32 Å². The molecule has 1 amide bonds. The molecule has 1 N–H and O–H groups in total. The molecule has 3 unspecified atom stereocenters. The van der Waals surface area contributed by atoms with Crippen molar-refractivity contribution in [1.29, 1.82) is 0 Å². The van der Waals surface area contributed by atoms with Crippen LogP contribution in [0.2, 0.25) is 0 Å². The molecule has 0 heterocycles. The van der Waals surface area contributed by atoms with Crippen molar-refractivity contribution in [3.8, 4) is 0 Å². The molecule has 0 aromatic heterocycles. The second kappa shape index (κ2) is 56.0. The second-order valence-corrected chi connectivity index (χ2v) is 24.3. The smallest absolute Gasteiger partial charge is 0.306 e. The lowest BCUT2D eigenvalue weighted by atomic mass is 10.0. The lowest BCUT2D eigenvalue weighted by Gasteiger charge is -2.30. The van der Waals surface area contributed by atoms with Gasteiger partial charge in [-0.25, -0.2) is 0 Å². The maximum atomic E-state index is 13.5. The van der Waals surface area contributed by atoms with Gasteiger partial charge in [-0.3, -0.25) is 14.2 Å². The van der Waals surface area contributed by atoms with Gasteiger partial charge in [-0.15, -0.1) is 0 Å². The Hall–Kier alpha value is -2.29. The lowest BCUT2D eigenvalue weighted by Crippen LogP contribution is -2.47. The fourth-order valence-corrected chi connectivity index (χ4v) is 9.96. The SMILES string of the molecule is CC/C=C/C/C=C/C/C=C/CCCCCCCCC(=O)NC(COP(=O)([O-])OCC[N+](C)(C)C)C(/C=C/CCCCCCCCCCCCC)OC(=O)CCCCCCCCCCCCC/C=C/CCCCCCCC. The maximum absolute atomic E-state index is 13.5. The number of esters is 1. The van der Waals surface area contributed by atoms with Crippen molar-refractivity contribution in [2.45, 2.75) is 309 Å². The molecule has 0 radical (unpaired) electrons. The number of nitrogens with zero attached hydrogens (tertiary/aromatic N) is 1. The molecular weight excluding hydrogens is 964 g/mol. The fourth-order valence-electron chi connectivity index (χ4n) is 9.24. The molecule has 10 heteroatoms. The highest BCUT2D eigenvalue weighted by atomic mass is 31.2. The lowest BCUT2D eigenvalue weighted by molar-refractivity contribution is -0.870. The highest BCUT2D eigenvalue weighted by molar-refractivity contribution is 7.45. The van der Waals surface area contributed by atoms with E-state index in [1.807, 2.05) is 33.3 Å². The van der Waals surface area contributed by atoms with E-state index in [-0.39, 0.29) is 24.9 Å². The molecule has 76 heavy (non-hydrogen) atoms. The first kappa shape index (κ1) is 73.7. The van der Waals surface area contributed by atoms with Gasteiger partial charge in [0.1, 0.15) is 19.3 Å². The number of ether oxygens (including phenoxy) is 1. The van der Waals surface area contributed by atoms with E-state index >= 15 is 0 Å². The first-order valence-corrected chi connectivity index (χ1v) is 33.6. The molecule has 0 spiro atoms. The van der Waals surface area contributed by atoms with E-state index in [2.05, 4.69) is 74.7 Å². The van der Waals surface area contributed by atoms with Crippen LogP contribution in [0, 0.1) is 0 Å². The summed E-state index contributed by atoms with van der Waals surface area (Å²) in [7, 11) is 1.18. The molecule has 444 valence electrons. The second-order valence-electron chi connectivity index (χ2n) is 22.9. The molecular formula is C66H123N2O7P. The number of unbranched alkanes of at least 4 members (excludes halogenated alkanes) is 34. The summed E-state index contributed by atoms with van der Waals surface area (Å²) in [6.45, 7) is 6.74. The molecule has 0 rings (SSSR count). The quantitative estimate of drug-likeness (QED) is 0.0212. The molecule has 0 bridgehead atoms. The summed E-state index contributed by atoms with van der Waals surface area (Å²) < 4.78 is 30.3. The number of carbonyl (C=O) groups is 2. The van der Waals surface area contributed by atoms with Crippen molar-refractivity contribution >= 4 is 19.7 Å². The molecule has 0 saturated carbocycles. The first-order chi connectivity index (χ1) is 36.9. The molecule has 0 fully saturated rings. The molecule has 3 atom stereocenters. The average molecular weight is 1090 g/mol. The van der Waals surface area contributed by atoms with E-state index in [1.54, 1.807) is 0 Å². The Morgan fingerprint density at radius 3 is 1.28 bits per heavy atom. The molecule has 0 aliphatic heterocycles. The number of nitrogens with one attached hydrogen (secondary N) is 1. The highest BCUT2D eigenvalue weighted by Crippen LogP contribution is 2.38. The topological polar surface area (TPSA) is 114 Å². The molecule has 0 saturated heterocycles. The van der Waals surface area contributed by atoms with Crippen molar-refractivity contribution in [3.05, 3.63) is 60.8 Å². The van der Waals surface area contributed by atoms with E-state index < -0.39 is 26.6 Å². The van der Waals surface area contributed by atoms with E-state index in [0.29, 0.717) is 17.4 Å². The van der Waals surface area contributed by atoms with Gasteiger partial charge in [0.15, 0.2) is 0 Å². The number of hydrogen-bond donors (Lipinski definition) is 1. The fraction of sp³-hybridized carbons (Fsp3) is 0.818. The summed E-state index contributed by atoms with van der Waals surface area (Å²) in [5, 5.41) is 3.03. The minimum atomic E-state index is -4.70. The normalized spacial score (nSPS) is 14.0. The average Bonchev–Trinajstić information content (AvgIpc) is 3.38. The molecule has 0 aromatic carbocycles. The van der Waals surface area contributed by atoms with Gasteiger partial charge in [-0.1, -0.05) is 255 Å². The number of quaternary nitrogens is 1. The van der Waals surface area contributed by atoms with Crippen LogP contribution in [-0.2, 0) is 27.9 Å². The zero-order valence-electron chi connectivity index (χ0n) is 50.7. The number of hydrogen-bond acceptors (Lipinski definition) is 7. The summed E-state index contributed by atoms with van der Waals surface area (Å²) in [5.74, 6) is -0.549. The number of phosphoric ester groups is 1. The minimum Gasteiger partial charge on any atom is -0.756 e. The van der Waals surface area contributed by atoms with E-state index in [1.165, 1.54) is 161 Å². The van der Waals surface area contributed by atoms with Crippen LogP contribution in [0.3, 0.4) is 0 Å².